The van der Waals surface area contributed by atoms with E-state index in [1.807, 2.05) is 18.3 Å². The van der Waals surface area contributed by atoms with Crippen LogP contribution >= 0.6 is 0 Å². The van der Waals surface area contributed by atoms with Gasteiger partial charge < -0.3 is 4.57 Å². The lowest BCUT2D eigenvalue weighted by Gasteiger charge is -2.22. The van der Waals surface area contributed by atoms with Crippen molar-refractivity contribution in [2.24, 2.45) is 0 Å². The molecular formula is C12H15N. The fourth-order valence-electron chi connectivity index (χ4n) is 1.54. The van der Waals surface area contributed by atoms with Gasteiger partial charge in [0.1, 0.15) is 0 Å². The van der Waals surface area contributed by atoms with E-state index in [4.69, 9.17) is 2.74 Å². The maximum absolute atomic E-state index is 7.79. The highest BCUT2D eigenvalue weighted by Gasteiger charge is 2.13. The second-order valence-electron chi connectivity index (χ2n) is 4.26. The zero-order valence-electron chi connectivity index (χ0n) is 10.3. The summed E-state index contributed by atoms with van der Waals surface area (Å²) in [5.41, 5.74) is 0.960. The van der Waals surface area contributed by atoms with Gasteiger partial charge in [-0.05, 0) is 38.3 Å². The molecule has 0 radical (unpaired) electrons. The standard InChI is InChI=1S/C12H15N/c1-12(2,3)13-9-8-10-6-4-5-7-11(10)13/h4-9H,1-3H3/i5T,6T. The van der Waals surface area contributed by atoms with E-state index in [9.17, 15) is 0 Å². The average Bonchev–Trinajstić information content (AvgIpc) is 2.45. The van der Waals surface area contributed by atoms with Crippen LogP contribution in [0.1, 0.15) is 23.5 Å². The third-order valence-corrected chi connectivity index (χ3v) is 2.18. The van der Waals surface area contributed by atoms with Crippen molar-refractivity contribution >= 4 is 10.9 Å². The highest BCUT2D eigenvalue weighted by atomic mass is 15.0. The monoisotopic (exact) mass is 177 g/mol. The van der Waals surface area contributed by atoms with Crippen LogP contribution < -0.4 is 0 Å². The molecule has 13 heavy (non-hydrogen) atoms. The number of fused-ring (bicyclic) bond motifs is 1. The molecule has 2 aromatic rings. The van der Waals surface area contributed by atoms with Crippen molar-refractivity contribution in [1.29, 1.82) is 0 Å². The summed E-state index contributed by atoms with van der Waals surface area (Å²) in [6, 6.07) is 6.17. The molecule has 0 atom stereocenters. The average molecular weight is 177 g/mol. The molecule has 0 saturated heterocycles. The summed E-state index contributed by atoms with van der Waals surface area (Å²) in [7, 11) is 0. The van der Waals surface area contributed by atoms with Crippen molar-refractivity contribution in [3.8, 4) is 0 Å². The molecule has 0 aliphatic heterocycles. The first-order valence-electron chi connectivity index (χ1n) is 5.48. The Bertz CT molecular complexity index is 506. The number of benzene rings is 1. The van der Waals surface area contributed by atoms with Crippen LogP contribution in [-0.4, -0.2) is 4.57 Å². The van der Waals surface area contributed by atoms with E-state index < -0.39 is 0 Å². The zero-order valence-corrected chi connectivity index (χ0v) is 8.26. The van der Waals surface area contributed by atoms with Gasteiger partial charge in [-0.15, -0.1) is 0 Å². The van der Waals surface area contributed by atoms with Crippen LogP contribution in [-0.2, 0) is 5.54 Å². The highest BCUT2D eigenvalue weighted by Crippen LogP contribution is 2.23. The summed E-state index contributed by atoms with van der Waals surface area (Å²) in [6.07, 6.45) is 1.99. The van der Waals surface area contributed by atoms with Crippen molar-refractivity contribution in [1.82, 2.24) is 4.57 Å². The van der Waals surface area contributed by atoms with Crippen molar-refractivity contribution in [2.45, 2.75) is 26.3 Å². The number of para-hydroxylation sites is 1. The van der Waals surface area contributed by atoms with E-state index in [-0.39, 0.29) is 5.54 Å². The summed E-state index contributed by atoms with van der Waals surface area (Å²) in [5, 5.41) is 0.918. The van der Waals surface area contributed by atoms with Gasteiger partial charge in [0.15, 0.2) is 0 Å². The number of rotatable bonds is 0. The van der Waals surface area contributed by atoms with E-state index in [0.717, 1.165) is 10.9 Å². The van der Waals surface area contributed by atoms with Gasteiger partial charge in [-0.25, -0.2) is 0 Å². The van der Waals surface area contributed by atoms with Gasteiger partial charge >= 0.3 is 0 Å². The molecule has 0 saturated carbocycles. The summed E-state index contributed by atoms with van der Waals surface area (Å²) in [5.74, 6) is 0. The lowest BCUT2D eigenvalue weighted by Crippen LogP contribution is -2.20. The maximum Gasteiger partial charge on any atom is 0.0630 e. The predicted octanol–water partition coefficient (Wildman–Crippen LogP) is 3.40. The van der Waals surface area contributed by atoms with Crippen LogP contribution in [0.4, 0.5) is 0 Å². The molecule has 1 aromatic heterocycles. The third-order valence-electron chi connectivity index (χ3n) is 2.18. The van der Waals surface area contributed by atoms with Gasteiger partial charge in [0.2, 0.25) is 0 Å². The van der Waals surface area contributed by atoms with Gasteiger partial charge in [0.05, 0.1) is 2.74 Å². The molecule has 1 aromatic carbocycles. The molecule has 0 aliphatic rings. The Kier molecular flexibility index (Phi) is 1.26. The Morgan fingerprint density at radius 3 is 2.77 bits per heavy atom. The highest BCUT2D eigenvalue weighted by molar-refractivity contribution is 5.80. The topological polar surface area (TPSA) is 4.93 Å². The van der Waals surface area contributed by atoms with Crippen molar-refractivity contribution < 1.29 is 2.74 Å². The molecule has 1 heteroatoms. The first kappa shape index (κ1) is 6.25. The van der Waals surface area contributed by atoms with Crippen LogP contribution in [0.15, 0.2) is 36.5 Å². The summed E-state index contributed by atoms with van der Waals surface area (Å²) in [4.78, 5) is 0. The first-order chi connectivity index (χ1) is 6.89. The molecule has 0 amide bonds. The Morgan fingerprint density at radius 2 is 2.08 bits per heavy atom. The lowest BCUT2D eigenvalue weighted by molar-refractivity contribution is 0.411. The molecular weight excluding hydrogens is 158 g/mol. The molecule has 0 aliphatic carbocycles. The Morgan fingerprint density at radius 1 is 1.31 bits per heavy atom. The maximum atomic E-state index is 7.79. The molecule has 1 nitrogen and oxygen atoms in total. The normalized spacial score (nSPS) is 14.4. The number of nitrogens with zero attached hydrogens (tertiary/aromatic N) is 1. The van der Waals surface area contributed by atoms with E-state index in [0.29, 0.717) is 12.1 Å². The van der Waals surface area contributed by atoms with Crippen LogP contribution in [0.25, 0.3) is 10.9 Å². The third kappa shape index (κ3) is 1.35. The van der Waals surface area contributed by atoms with Crippen molar-refractivity contribution in [3.63, 3.8) is 0 Å². The quantitative estimate of drug-likeness (QED) is 0.581. The van der Waals surface area contributed by atoms with Crippen molar-refractivity contribution in [3.05, 3.63) is 36.5 Å². The molecule has 2 rings (SSSR count). The van der Waals surface area contributed by atoms with E-state index in [1.165, 1.54) is 0 Å². The van der Waals surface area contributed by atoms with Gasteiger partial charge in [-0.3, -0.25) is 0 Å². The van der Waals surface area contributed by atoms with Crippen LogP contribution in [0, 0.1) is 0 Å². The number of hydrogen-bond acceptors (Lipinski definition) is 0. The lowest BCUT2D eigenvalue weighted by atomic mass is 10.1. The fraction of sp³-hybridized carbons (Fsp3) is 0.333. The minimum atomic E-state index is -0.0119. The van der Waals surface area contributed by atoms with Gasteiger partial charge in [-0.2, -0.15) is 0 Å². The second kappa shape index (κ2) is 2.63. The predicted molar refractivity (Wildman–Crippen MR) is 56.9 cm³/mol. The molecule has 1 heterocycles. The Labute approximate surface area is 81.8 Å². The second-order valence-corrected chi connectivity index (χ2v) is 4.26. The minimum Gasteiger partial charge on any atom is -0.342 e. The Hall–Kier alpha value is -1.24. The van der Waals surface area contributed by atoms with E-state index in [2.05, 4.69) is 25.3 Å². The van der Waals surface area contributed by atoms with Crippen LogP contribution in [0.2, 0.25) is 0 Å². The fourth-order valence-corrected chi connectivity index (χ4v) is 1.54. The number of aromatic nitrogens is 1. The van der Waals surface area contributed by atoms with Gasteiger partial charge in [0, 0.05) is 17.3 Å². The van der Waals surface area contributed by atoms with Crippen LogP contribution in [0.5, 0.6) is 0 Å². The summed E-state index contributed by atoms with van der Waals surface area (Å²) < 4.78 is 17.5. The van der Waals surface area contributed by atoms with Gasteiger partial charge in [-0.1, -0.05) is 18.2 Å². The molecule has 0 N–H and O–H groups in total. The molecule has 0 fully saturated rings. The molecule has 0 unspecified atom stereocenters. The Balaban J connectivity index is 2.80. The SMILES string of the molecule is [3H]c1cc([3H])c2ccn(C(C)(C)C)c2c1. The van der Waals surface area contributed by atoms with Crippen LogP contribution in [0.3, 0.4) is 0 Å². The molecule has 68 valence electrons. The minimum absolute atomic E-state index is 0.0119. The van der Waals surface area contributed by atoms with Gasteiger partial charge in [0.25, 0.3) is 0 Å². The molecule has 0 bridgehead atoms. The summed E-state index contributed by atoms with van der Waals surface area (Å²) >= 11 is 0. The van der Waals surface area contributed by atoms with Crippen molar-refractivity contribution in [2.75, 3.05) is 0 Å². The van der Waals surface area contributed by atoms with E-state index >= 15 is 0 Å². The summed E-state index contributed by atoms with van der Waals surface area (Å²) in [6.45, 7) is 6.35. The largest absolute Gasteiger partial charge is 0.342 e. The smallest absolute Gasteiger partial charge is 0.0630 e. The molecule has 0 spiro atoms. The van der Waals surface area contributed by atoms with E-state index in [1.54, 1.807) is 6.07 Å². The zero-order chi connectivity index (χ0) is 11.2. The number of hydrogen-bond donors (Lipinski definition) is 0. The first-order valence-corrected chi connectivity index (χ1v) is 4.48.